The molecular weight excluding hydrogens is 452 g/mol. The molecule has 0 radical (unpaired) electrons. The van der Waals surface area contributed by atoms with Crippen molar-refractivity contribution in [3.8, 4) is 11.5 Å². The molecular formula is C26H28N2O5S. The fraction of sp³-hybridized carbons (Fsp3) is 0.269. The molecule has 0 saturated heterocycles. The van der Waals surface area contributed by atoms with E-state index in [-0.39, 0.29) is 22.5 Å². The molecule has 0 unspecified atom stereocenters. The maximum Gasteiger partial charge on any atom is 0.264 e. The molecule has 0 saturated carbocycles. The van der Waals surface area contributed by atoms with E-state index < -0.39 is 16.6 Å². The minimum absolute atomic E-state index is 0.0824. The number of amides is 1. The van der Waals surface area contributed by atoms with Gasteiger partial charge in [0, 0.05) is 17.8 Å². The Kier molecular flexibility index (Phi) is 6.52. The fourth-order valence-electron chi connectivity index (χ4n) is 4.27. The zero-order valence-electron chi connectivity index (χ0n) is 19.7. The Hall–Kier alpha value is -3.52. The lowest BCUT2D eigenvalue weighted by Gasteiger charge is -2.29. The van der Waals surface area contributed by atoms with Crippen LogP contribution in [0.25, 0.3) is 0 Å². The molecule has 4 rings (SSSR count). The number of sulfonamides is 1. The van der Waals surface area contributed by atoms with Gasteiger partial charge in [0.05, 0.1) is 24.8 Å². The van der Waals surface area contributed by atoms with Gasteiger partial charge >= 0.3 is 0 Å². The standard InChI is InChI=1S/C26H28N2O5S/c1-18-9-12-22(13-10-18)34(30,31)27(24-16-21(32-3)11-14-25(24)33-4)17-26(29)28-19(2)15-20-7-5-6-8-23(20)28/h5-14,16,19H,15,17H2,1-4H3/t19-/m0/s1. The van der Waals surface area contributed by atoms with Crippen LogP contribution in [0.15, 0.2) is 71.6 Å². The number of ether oxygens (including phenoxy) is 2. The summed E-state index contributed by atoms with van der Waals surface area (Å²) in [5.74, 6) is 0.449. The molecule has 0 fully saturated rings. The van der Waals surface area contributed by atoms with E-state index in [9.17, 15) is 13.2 Å². The lowest BCUT2D eigenvalue weighted by Crippen LogP contribution is -2.45. The predicted molar refractivity (Wildman–Crippen MR) is 132 cm³/mol. The minimum atomic E-state index is -4.10. The van der Waals surface area contributed by atoms with Crippen LogP contribution < -0.4 is 18.7 Å². The number of carbonyl (C=O) groups excluding carboxylic acids is 1. The molecule has 0 aromatic heterocycles. The van der Waals surface area contributed by atoms with Gasteiger partial charge in [-0.05, 0) is 56.2 Å². The average molecular weight is 481 g/mol. The molecule has 34 heavy (non-hydrogen) atoms. The molecule has 1 aliphatic heterocycles. The van der Waals surface area contributed by atoms with E-state index in [1.54, 1.807) is 47.4 Å². The van der Waals surface area contributed by atoms with Crippen LogP contribution in [0.3, 0.4) is 0 Å². The van der Waals surface area contributed by atoms with E-state index in [2.05, 4.69) is 0 Å². The number of nitrogens with zero attached hydrogens (tertiary/aromatic N) is 2. The number of anilines is 2. The highest BCUT2D eigenvalue weighted by molar-refractivity contribution is 7.92. The number of fused-ring (bicyclic) bond motifs is 1. The highest BCUT2D eigenvalue weighted by Gasteiger charge is 2.35. The van der Waals surface area contributed by atoms with Crippen LogP contribution in [0, 0.1) is 6.92 Å². The number of rotatable bonds is 7. The summed E-state index contributed by atoms with van der Waals surface area (Å²) in [6, 6.07) is 19.0. The number of methoxy groups -OCH3 is 2. The third-order valence-corrected chi connectivity index (χ3v) is 7.79. The number of hydrogen-bond acceptors (Lipinski definition) is 5. The minimum Gasteiger partial charge on any atom is -0.497 e. The number of hydrogen-bond donors (Lipinski definition) is 0. The van der Waals surface area contributed by atoms with Gasteiger partial charge in [-0.15, -0.1) is 0 Å². The summed E-state index contributed by atoms with van der Waals surface area (Å²) < 4.78 is 39.6. The SMILES string of the molecule is COc1ccc(OC)c(N(CC(=O)N2c3ccccc3C[C@@H]2C)S(=O)(=O)c2ccc(C)cc2)c1. The van der Waals surface area contributed by atoms with Crippen molar-refractivity contribution < 1.29 is 22.7 Å². The van der Waals surface area contributed by atoms with Crippen molar-refractivity contribution in [1.82, 2.24) is 0 Å². The van der Waals surface area contributed by atoms with Gasteiger partial charge < -0.3 is 14.4 Å². The van der Waals surface area contributed by atoms with Gasteiger partial charge in [-0.25, -0.2) is 8.42 Å². The van der Waals surface area contributed by atoms with Gasteiger partial charge in [0.1, 0.15) is 18.0 Å². The van der Waals surface area contributed by atoms with Gasteiger partial charge in [0.25, 0.3) is 10.0 Å². The van der Waals surface area contributed by atoms with Crippen LogP contribution in [-0.2, 0) is 21.2 Å². The summed E-state index contributed by atoms with van der Waals surface area (Å²) in [5.41, 5.74) is 3.04. The van der Waals surface area contributed by atoms with Gasteiger partial charge in [-0.3, -0.25) is 9.10 Å². The Labute approximate surface area is 200 Å². The van der Waals surface area contributed by atoms with Crippen LogP contribution in [0.4, 0.5) is 11.4 Å². The monoisotopic (exact) mass is 480 g/mol. The molecule has 0 spiro atoms. The highest BCUT2D eigenvalue weighted by Crippen LogP contribution is 2.37. The summed E-state index contributed by atoms with van der Waals surface area (Å²) in [6.07, 6.45) is 0.717. The molecule has 1 atom stereocenters. The fourth-order valence-corrected chi connectivity index (χ4v) is 5.69. The van der Waals surface area contributed by atoms with E-state index >= 15 is 0 Å². The Bertz CT molecular complexity index is 1310. The Morgan fingerprint density at radius 2 is 1.74 bits per heavy atom. The third-order valence-electron chi connectivity index (χ3n) is 6.02. The van der Waals surface area contributed by atoms with Crippen LogP contribution >= 0.6 is 0 Å². The van der Waals surface area contributed by atoms with Crippen molar-refractivity contribution in [3.05, 3.63) is 77.9 Å². The molecule has 0 N–H and O–H groups in total. The second-order valence-corrected chi connectivity index (χ2v) is 10.2. The largest absolute Gasteiger partial charge is 0.497 e. The Morgan fingerprint density at radius 3 is 2.41 bits per heavy atom. The normalized spacial score (nSPS) is 15.1. The lowest BCUT2D eigenvalue weighted by atomic mass is 10.1. The van der Waals surface area contributed by atoms with E-state index in [1.165, 1.54) is 14.2 Å². The number of carbonyl (C=O) groups is 1. The first-order valence-electron chi connectivity index (χ1n) is 11.0. The molecule has 3 aromatic rings. The van der Waals surface area contributed by atoms with E-state index in [0.29, 0.717) is 11.5 Å². The smallest absolute Gasteiger partial charge is 0.264 e. The molecule has 1 heterocycles. The van der Waals surface area contributed by atoms with Crippen molar-refractivity contribution in [2.24, 2.45) is 0 Å². The van der Waals surface area contributed by atoms with Gasteiger partial charge in [-0.2, -0.15) is 0 Å². The second kappa shape index (κ2) is 9.38. The maximum atomic E-state index is 13.8. The molecule has 178 valence electrons. The molecule has 0 bridgehead atoms. The molecule has 1 amide bonds. The summed E-state index contributed by atoms with van der Waals surface area (Å²) in [4.78, 5) is 15.4. The average Bonchev–Trinajstić information content (AvgIpc) is 3.17. The Balaban J connectivity index is 1.81. The zero-order valence-corrected chi connectivity index (χ0v) is 20.5. The molecule has 3 aromatic carbocycles. The highest BCUT2D eigenvalue weighted by atomic mass is 32.2. The quantitative estimate of drug-likeness (QED) is 0.507. The predicted octanol–water partition coefficient (Wildman–Crippen LogP) is 4.19. The van der Waals surface area contributed by atoms with Crippen LogP contribution in [0.5, 0.6) is 11.5 Å². The van der Waals surface area contributed by atoms with Crippen molar-refractivity contribution in [1.29, 1.82) is 0 Å². The molecule has 8 heteroatoms. The van der Waals surface area contributed by atoms with E-state index in [1.807, 2.05) is 38.1 Å². The molecule has 1 aliphatic rings. The van der Waals surface area contributed by atoms with Crippen molar-refractivity contribution in [2.75, 3.05) is 30.0 Å². The number of aryl methyl sites for hydroxylation is 1. The topological polar surface area (TPSA) is 76.2 Å². The summed E-state index contributed by atoms with van der Waals surface area (Å²) in [6.45, 7) is 3.45. The second-order valence-electron chi connectivity index (χ2n) is 8.31. The first-order chi connectivity index (χ1) is 16.3. The van der Waals surface area contributed by atoms with Crippen LogP contribution in [0.2, 0.25) is 0 Å². The number of para-hydroxylation sites is 1. The van der Waals surface area contributed by atoms with Crippen LogP contribution in [-0.4, -0.2) is 41.1 Å². The van der Waals surface area contributed by atoms with Gasteiger partial charge in [-0.1, -0.05) is 35.9 Å². The lowest BCUT2D eigenvalue weighted by molar-refractivity contribution is -0.117. The van der Waals surface area contributed by atoms with E-state index in [0.717, 1.165) is 27.5 Å². The van der Waals surface area contributed by atoms with Crippen LogP contribution in [0.1, 0.15) is 18.1 Å². The first-order valence-corrected chi connectivity index (χ1v) is 12.4. The third kappa shape index (κ3) is 4.33. The summed E-state index contributed by atoms with van der Waals surface area (Å²) >= 11 is 0. The Morgan fingerprint density at radius 1 is 1.03 bits per heavy atom. The van der Waals surface area contributed by atoms with Crippen molar-refractivity contribution in [2.45, 2.75) is 31.2 Å². The maximum absolute atomic E-state index is 13.8. The summed E-state index contributed by atoms with van der Waals surface area (Å²) in [7, 11) is -1.14. The van der Waals surface area contributed by atoms with E-state index in [4.69, 9.17) is 9.47 Å². The summed E-state index contributed by atoms with van der Waals surface area (Å²) in [5, 5.41) is 0. The number of benzene rings is 3. The zero-order chi connectivity index (χ0) is 24.5. The molecule has 0 aliphatic carbocycles. The first kappa shape index (κ1) is 23.6. The molecule has 7 nitrogen and oxygen atoms in total. The van der Waals surface area contributed by atoms with Crippen molar-refractivity contribution >= 4 is 27.3 Å². The van der Waals surface area contributed by atoms with Crippen molar-refractivity contribution in [3.63, 3.8) is 0 Å². The van der Waals surface area contributed by atoms with Gasteiger partial charge in [0.2, 0.25) is 5.91 Å². The van der Waals surface area contributed by atoms with Gasteiger partial charge in [0.15, 0.2) is 0 Å².